The summed E-state index contributed by atoms with van der Waals surface area (Å²) in [7, 11) is 1.71. The van der Waals surface area contributed by atoms with Gasteiger partial charge in [0, 0.05) is 37.1 Å². The van der Waals surface area contributed by atoms with Crippen molar-refractivity contribution in [1.29, 1.82) is 0 Å². The van der Waals surface area contributed by atoms with E-state index in [9.17, 15) is 18.0 Å². The van der Waals surface area contributed by atoms with Gasteiger partial charge in [0.05, 0.1) is 28.7 Å². The molecule has 0 aliphatic carbocycles. The molecule has 0 radical (unpaired) electrons. The van der Waals surface area contributed by atoms with E-state index in [2.05, 4.69) is 35.7 Å². The van der Waals surface area contributed by atoms with Crippen LogP contribution in [0.4, 0.5) is 24.9 Å². The van der Waals surface area contributed by atoms with Gasteiger partial charge >= 0.3 is 6.18 Å². The van der Waals surface area contributed by atoms with E-state index in [1.165, 1.54) is 17.1 Å². The molecule has 4 rings (SSSR count). The summed E-state index contributed by atoms with van der Waals surface area (Å²) in [6, 6.07) is 3.20. The first-order valence-electron chi connectivity index (χ1n) is 9.14. The molecule has 160 valence electrons. The Labute approximate surface area is 173 Å². The van der Waals surface area contributed by atoms with Crippen molar-refractivity contribution in [3.8, 4) is 11.4 Å². The van der Waals surface area contributed by atoms with Crippen LogP contribution in [-0.2, 0) is 7.05 Å². The van der Waals surface area contributed by atoms with Gasteiger partial charge < -0.3 is 15.6 Å². The lowest BCUT2D eigenvalue weighted by molar-refractivity contribution is -0.138. The molecule has 1 atom stereocenters. The minimum atomic E-state index is -4.41. The van der Waals surface area contributed by atoms with Crippen LogP contribution in [0.3, 0.4) is 0 Å². The third-order valence-corrected chi connectivity index (χ3v) is 4.48. The van der Waals surface area contributed by atoms with Crippen molar-refractivity contribution >= 4 is 28.6 Å². The summed E-state index contributed by atoms with van der Waals surface area (Å²) in [4.78, 5) is 27.6. The van der Waals surface area contributed by atoms with Crippen LogP contribution in [0.2, 0.25) is 0 Å². The number of hydrogen-bond donors (Lipinski definition) is 3. The van der Waals surface area contributed by atoms with Crippen LogP contribution < -0.4 is 10.6 Å². The van der Waals surface area contributed by atoms with Crippen LogP contribution in [-0.4, -0.2) is 47.8 Å². The first-order valence-corrected chi connectivity index (χ1v) is 9.14. The van der Waals surface area contributed by atoms with Gasteiger partial charge in [-0.3, -0.25) is 9.48 Å². The number of carbonyl (C=O) groups excluding carboxylic acids is 1. The third kappa shape index (κ3) is 4.47. The van der Waals surface area contributed by atoms with Crippen molar-refractivity contribution in [1.82, 2.24) is 29.7 Å². The van der Waals surface area contributed by atoms with Gasteiger partial charge in [-0.25, -0.2) is 15.0 Å². The molecule has 0 aliphatic rings. The zero-order valence-electron chi connectivity index (χ0n) is 16.4. The van der Waals surface area contributed by atoms with Gasteiger partial charge in [0.25, 0.3) is 5.91 Å². The fourth-order valence-corrected chi connectivity index (χ4v) is 2.81. The lowest BCUT2D eigenvalue weighted by Crippen LogP contribution is -2.33. The van der Waals surface area contributed by atoms with E-state index in [0.29, 0.717) is 28.3 Å². The number of aromatic amines is 1. The lowest BCUT2D eigenvalue weighted by atomic mass is 10.2. The number of nitrogens with one attached hydrogen (secondary N) is 3. The second kappa shape index (κ2) is 7.70. The molecule has 4 aromatic heterocycles. The molecule has 31 heavy (non-hydrogen) atoms. The summed E-state index contributed by atoms with van der Waals surface area (Å²) in [6.45, 7) is 0.992. The second-order valence-electron chi connectivity index (χ2n) is 6.87. The molecule has 4 heterocycles. The summed E-state index contributed by atoms with van der Waals surface area (Å²) in [5.74, 6) is -0.153. The first kappa shape index (κ1) is 20.3. The first-order chi connectivity index (χ1) is 14.7. The molecule has 0 spiro atoms. The van der Waals surface area contributed by atoms with E-state index < -0.39 is 12.2 Å². The van der Waals surface area contributed by atoms with Crippen LogP contribution >= 0.6 is 0 Å². The number of pyridine rings is 1. The number of halogens is 3. The number of alkyl halides is 3. The molecule has 1 unspecified atom stereocenters. The third-order valence-electron chi connectivity index (χ3n) is 4.48. The number of rotatable bonds is 5. The largest absolute Gasteiger partial charge is 0.408 e. The van der Waals surface area contributed by atoms with Crippen molar-refractivity contribution in [2.45, 2.75) is 19.1 Å². The quantitative estimate of drug-likeness (QED) is 0.447. The molecule has 4 aromatic rings. The molecule has 9 nitrogen and oxygen atoms in total. The van der Waals surface area contributed by atoms with Crippen molar-refractivity contribution in [2.75, 3.05) is 10.6 Å². The van der Waals surface area contributed by atoms with Crippen molar-refractivity contribution < 1.29 is 18.0 Å². The Morgan fingerprint density at radius 2 is 2.03 bits per heavy atom. The Morgan fingerprint density at radius 3 is 2.74 bits per heavy atom. The molecule has 12 heteroatoms. The van der Waals surface area contributed by atoms with Crippen LogP contribution in [0.25, 0.3) is 22.3 Å². The zero-order valence-corrected chi connectivity index (χ0v) is 16.4. The Hall–Kier alpha value is -3.96. The molecule has 1 amide bonds. The number of fused-ring (bicyclic) bond motifs is 1. The van der Waals surface area contributed by atoms with E-state index >= 15 is 0 Å². The number of H-pyrrole nitrogens is 1. The van der Waals surface area contributed by atoms with Gasteiger partial charge in [0.1, 0.15) is 11.9 Å². The van der Waals surface area contributed by atoms with Crippen molar-refractivity contribution in [2.24, 2.45) is 7.05 Å². The van der Waals surface area contributed by atoms with Gasteiger partial charge in [-0.15, -0.1) is 0 Å². The lowest BCUT2D eigenvalue weighted by Gasteiger charge is -2.17. The van der Waals surface area contributed by atoms with Gasteiger partial charge in [0.15, 0.2) is 0 Å². The standard InChI is InChI=1S/C19H17F3N8O/c1-10(19(20,21)22)26-18-23-4-3-13(28-18)15-5-11-7-24-16(6-14(11)27-15)29-17(31)12-8-25-30(2)9-12/h3-10,27H,1-2H3,(H,23,26,28)(H,24,29,31). The molecule has 0 saturated heterocycles. The Balaban J connectivity index is 1.56. The number of carbonyl (C=O) groups is 1. The number of anilines is 2. The van der Waals surface area contributed by atoms with Crippen LogP contribution in [0, 0.1) is 0 Å². The normalized spacial score (nSPS) is 12.7. The zero-order chi connectivity index (χ0) is 22.2. The topological polar surface area (TPSA) is 113 Å². The number of amides is 1. The Morgan fingerprint density at radius 1 is 1.23 bits per heavy atom. The predicted molar refractivity (Wildman–Crippen MR) is 107 cm³/mol. The Kier molecular flexibility index (Phi) is 5.05. The minimum absolute atomic E-state index is 0.136. The fourth-order valence-electron chi connectivity index (χ4n) is 2.81. The van der Waals surface area contributed by atoms with E-state index in [1.807, 2.05) is 0 Å². The summed E-state index contributed by atoms with van der Waals surface area (Å²) in [6.07, 6.45) is 1.56. The average Bonchev–Trinajstić information content (AvgIpc) is 3.33. The molecular formula is C19H17F3N8O. The molecule has 0 aliphatic heterocycles. The monoisotopic (exact) mass is 430 g/mol. The highest BCUT2D eigenvalue weighted by Gasteiger charge is 2.36. The average molecular weight is 430 g/mol. The van der Waals surface area contributed by atoms with Gasteiger partial charge in [0.2, 0.25) is 5.95 Å². The maximum Gasteiger partial charge on any atom is 0.408 e. The van der Waals surface area contributed by atoms with Gasteiger partial charge in [-0.2, -0.15) is 18.3 Å². The molecule has 0 bridgehead atoms. The number of nitrogens with zero attached hydrogens (tertiary/aromatic N) is 5. The summed E-state index contributed by atoms with van der Waals surface area (Å²) < 4.78 is 39.8. The predicted octanol–water partition coefficient (Wildman–Crippen LogP) is 3.37. The molecule has 0 aromatic carbocycles. The number of hydrogen-bond acceptors (Lipinski definition) is 6. The SMILES string of the molecule is CC(Nc1nccc(-c2cc3cnc(NC(=O)c4cnn(C)c4)cc3[nH]2)n1)C(F)(F)F. The van der Waals surface area contributed by atoms with Gasteiger partial charge in [-0.1, -0.05) is 0 Å². The molecule has 0 fully saturated rings. The summed E-state index contributed by atoms with van der Waals surface area (Å²) in [5.41, 5.74) is 2.04. The van der Waals surface area contributed by atoms with E-state index in [-0.39, 0.29) is 11.9 Å². The smallest absolute Gasteiger partial charge is 0.353 e. The van der Waals surface area contributed by atoms with E-state index in [1.54, 1.807) is 37.6 Å². The minimum Gasteiger partial charge on any atom is -0.353 e. The summed E-state index contributed by atoms with van der Waals surface area (Å²) in [5, 5.41) is 9.63. The number of aryl methyl sites for hydroxylation is 1. The van der Waals surface area contributed by atoms with Crippen LogP contribution in [0.5, 0.6) is 0 Å². The number of aromatic nitrogens is 6. The van der Waals surface area contributed by atoms with Crippen molar-refractivity contribution in [3.05, 3.63) is 48.5 Å². The highest BCUT2D eigenvalue weighted by molar-refractivity contribution is 6.04. The molecule has 0 saturated carbocycles. The maximum absolute atomic E-state index is 12.8. The Bertz CT molecular complexity index is 1250. The van der Waals surface area contributed by atoms with Crippen LogP contribution in [0.1, 0.15) is 17.3 Å². The van der Waals surface area contributed by atoms with Gasteiger partial charge in [-0.05, 0) is 19.1 Å². The second-order valence-corrected chi connectivity index (χ2v) is 6.87. The van der Waals surface area contributed by atoms with E-state index in [4.69, 9.17) is 0 Å². The van der Waals surface area contributed by atoms with E-state index in [0.717, 1.165) is 12.3 Å². The highest BCUT2D eigenvalue weighted by Crippen LogP contribution is 2.26. The maximum atomic E-state index is 12.8. The highest BCUT2D eigenvalue weighted by atomic mass is 19.4. The van der Waals surface area contributed by atoms with Crippen molar-refractivity contribution in [3.63, 3.8) is 0 Å². The molecular weight excluding hydrogens is 413 g/mol. The molecule has 3 N–H and O–H groups in total. The van der Waals surface area contributed by atoms with Crippen LogP contribution in [0.15, 0.2) is 43.0 Å². The fraction of sp³-hybridized carbons (Fsp3) is 0.211. The summed E-state index contributed by atoms with van der Waals surface area (Å²) >= 11 is 0.